The number of hydrogen-bond donors (Lipinski definition) is 0. The molecule has 0 heterocycles. The zero-order valence-corrected chi connectivity index (χ0v) is 9.55. The van der Waals surface area contributed by atoms with Crippen molar-refractivity contribution in [1.82, 2.24) is 0 Å². The third kappa shape index (κ3) is 2.00. The summed E-state index contributed by atoms with van der Waals surface area (Å²) in [5.41, 5.74) is 1.14. The molecule has 0 amide bonds. The average Bonchev–Trinajstić information content (AvgIpc) is 2.15. The van der Waals surface area contributed by atoms with Crippen LogP contribution in [0.3, 0.4) is 0 Å². The summed E-state index contributed by atoms with van der Waals surface area (Å²) in [6.45, 7) is 6.44. The van der Waals surface area contributed by atoms with Crippen molar-refractivity contribution in [2.45, 2.75) is 26.2 Å². The van der Waals surface area contributed by atoms with Gasteiger partial charge in [-0.15, -0.1) is 0 Å². The molecule has 0 radical (unpaired) electrons. The minimum atomic E-state index is 0.0257. The average molecular weight is 194 g/mol. The molecule has 78 valence electrons. The van der Waals surface area contributed by atoms with E-state index < -0.39 is 0 Å². The maximum atomic E-state index is 5.33. The summed E-state index contributed by atoms with van der Waals surface area (Å²) in [7, 11) is 3.37. The number of ether oxygens (including phenoxy) is 2. The van der Waals surface area contributed by atoms with Crippen molar-refractivity contribution in [2.24, 2.45) is 0 Å². The van der Waals surface area contributed by atoms with E-state index in [4.69, 9.17) is 9.47 Å². The number of rotatable bonds is 2. The standard InChI is InChI=1S/C12H18O2/c1-12(2,3)11-9(13-4)7-6-8-10(11)14-5/h6-8H,1-5H3. The van der Waals surface area contributed by atoms with Crippen LogP contribution in [0.4, 0.5) is 0 Å². The van der Waals surface area contributed by atoms with Crippen molar-refractivity contribution in [3.63, 3.8) is 0 Å². The van der Waals surface area contributed by atoms with Gasteiger partial charge < -0.3 is 9.47 Å². The molecule has 0 saturated heterocycles. The fourth-order valence-electron chi connectivity index (χ4n) is 1.59. The normalized spacial score (nSPS) is 11.2. The zero-order valence-electron chi connectivity index (χ0n) is 9.55. The molecule has 0 bridgehead atoms. The maximum absolute atomic E-state index is 5.33. The van der Waals surface area contributed by atoms with Gasteiger partial charge in [0.25, 0.3) is 0 Å². The molecule has 1 aromatic rings. The Hall–Kier alpha value is -1.18. The lowest BCUT2D eigenvalue weighted by molar-refractivity contribution is 0.367. The minimum Gasteiger partial charge on any atom is -0.496 e. The molecule has 2 nitrogen and oxygen atoms in total. The first-order chi connectivity index (χ1) is 6.50. The van der Waals surface area contributed by atoms with Crippen molar-refractivity contribution in [3.05, 3.63) is 23.8 Å². The van der Waals surface area contributed by atoms with Crippen LogP contribution in [0, 0.1) is 0 Å². The van der Waals surface area contributed by atoms with Crippen molar-refractivity contribution in [2.75, 3.05) is 14.2 Å². The van der Waals surface area contributed by atoms with E-state index in [9.17, 15) is 0 Å². The van der Waals surface area contributed by atoms with Gasteiger partial charge >= 0.3 is 0 Å². The highest BCUT2D eigenvalue weighted by atomic mass is 16.5. The highest BCUT2D eigenvalue weighted by Crippen LogP contribution is 2.38. The van der Waals surface area contributed by atoms with Crippen LogP contribution in [-0.4, -0.2) is 14.2 Å². The van der Waals surface area contributed by atoms with Gasteiger partial charge in [-0.2, -0.15) is 0 Å². The third-order valence-corrected chi connectivity index (χ3v) is 2.18. The summed E-state index contributed by atoms with van der Waals surface area (Å²) in [6, 6.07) is 5.86. The monoisotopic (exact) mass is 194 g/mol. The van der Waals surface area contributed by atoms with Crippen LogP contribution in [0.2, 0.25) is 0 Å². The molecule has 0 aliphatic carbocycles. The number of methoxy groups -OCH3 is 2. The molecule has 0 unspecified atom stereocenters. The number of benzene rings is 1. The summed E-state index contributed by atoms with van der Waals surface area (Å²) in [5, 5.41) is 0. The molecule has 0 spiro atoms. The highest BCUT2D eigenvalue weighted by molar-refractivity contribution is 5.48. The van der Waals surface area contributed by atoms with Gasteiger partial charge in [0.1, 0.15) is 11.5 Å². The van der Waals surface area contributed by atoms with E-state index in [-0.39, 0.29) is 5.41 Å². The van der Waals surface area contributed by atoms with Crippen LogP contribution in [0.15, 0.2) is 18.2 Å². The van der Waals surface area contributed by atoms with Crippen LogP contribution >= 0.6 is 0 Å². The minimum absolute atomic E-state index is 0.0257. The third-order valence-electron chi connectivity index (χ3n) is 2.18. The van der Waals surface area contributed by atoms with Crippen molar-refractivity contribution in [1.29, 1.82) is 0 Å². The molecule has 0 aliphatic rings. The van der Waals surface area contributed by atoms with Crippen molar-refractivity contribution >= 4 is 0 Å². The second-order valence-electron chi connectivity index (χ2n) is 4.29. The van der Waals surface area contributed by atoms with E-state index in [0.29, 0.717) is 0 Å². The lowest BCUT2D eigenvalue weighted by Gasteiger charge is -2.24. The molecular weight excluding hydrogens is 176 g/mol. The molecular formula is C12H18O2. The molecule has 0 atom stereocenters. The highest BCUT2D eigenvalue weighted by Gasteiger charge is 2.23. The quantitative estimate of drug-likeness (QED) is 0.720. The van der Waals surface area contributed by atoms with Crippen LogP contribution in [0.5, 0.6) is 11.5 Å². The molecule has 14 heavy (non-hydrogen) atoms. The van der Waals surface area contributed by atoms with Gasteiger partial charge in [0.05, 0.1) is 14.2 Å². The van der Waals surface area contributed by atoms with E-state index in [1.54, 1.807) is 14.2 Å². The summed E-state index contributed by atoms with van der Waals surface area (Å²) >= 11 is 0. The van der Waals surface area contributed by atoms with Crippen LogP contribution in [0.25, 0.3) is 0 Å². The maximum Gasteiger partial charge on any atom is 0.126 e. The molecule has 2 heteroatoms. The summed E-state index contributed by atoms with van der Waals surface area (Å²) in [4.78, 5) is 0. The smallest absolute Gasteiger partial charge is 0.126 e. The second-order valence-corrected chi connectivity index (χ2v) is 4.29. The molecule has 0 aromatic heterocycles. The Labute approximate surface area is 85.8 Å². The van der Waals surface area contributed by atoms with Crippen LogP contribution < -0.4 is 9.47 Å². The molecule has 0 fully saturated rings. The van der Waals surface area contributed by atoms with Crippen molar-refractivity contribution < 1.29 is 9.47 Å². The summed E-state index contributed by atoms with van der Waals surface area (Å²) in [5.74, 6) is 1.77. The van der Waals surface area contributed by atoms with Gasteiger partial charge in [-0.3, -0.25) is 0 Å². The van der Waals surface area contributed by atoms with Crippen LogP contribution in [-0.2, 0) is 5.41 Å². The van der Waals surface area contributed by atoms with Gasteiger partial charge in [-0.25, -0.2) is 0 Å². The lowest BCUT2D eigenvalue weighted by Crippen LogP contribution is -2.14. The van der Waals surface area contributed by atoms with Gasteiger partial charge in [-0.1, -0.05) is 26.8 Å². The fraction of sp³-hybridized carbons (Fsp3) is 0.500. The van der Waals surface area contributed by atoms with E-state index in [1.165, 1.54) is 0 Å². The van der Waals surface area contributed by atoms with E-state index in [0.717, 1.165) is 17.1 Å². The molecule has 1 aromatic carbocycles. The van der Waals surface area contributed by atoms with E-state index in [1.807, 2.05) is 18.2 Å². The van der Waals surface area contributed by atoms with E-state index in [2.05, 4.69) is 20.8 Å². The molecule has 1 rings (SSSR count). The van der Waals surface area contributed by atoms with Gasteiger partial charge in [0.2, 0.25) is 0 Å². The lowest BCUT2D eigenvalue weighted by atomic mass is 9.85. The van der Waals surface area contributed by atoms with Crippen LogP contribution in [0.1, 0.15) is 26.3 Å². The topological polar surface area (TPSA) is 18.5 Å². The first kappa shape index (κ1) is 10.9. The van der Waals surface area contributed by atoms with Gasteiger partial charge in [0.15, 0.2) is 0 Å². The largest absolute Gasteiger partial charge is 0.496 e. The predicted octanol–water partition coefficient (Wildman–Crippen LogP) is 3.00. The second kappa shape index (κ2) is 3.91. The Balaban J connectivity index is 3.34. The zero-order chi connectivity index (χ0) is 10.8. The SMILES string of the molecule is COc1cccc(OC)c1C(C)(C)C. The summed E-state index contributed by atoms with van der Waals surface area (Å²) in [6.07, 6.45) is 0. The predicted molar refractivity (Wildman–Crippen MR) is 58.2 cm³/mol. The Morgan fingerprint density at radius 1 is 0.929 bits per heavy atom. The molecule has 0 saturated carbocycles. The fourth-order valence-corrected chi connectivity index (χ4v) is 1.59. The van der Waals surface area contributed by atoms with E-state index >= 15 is 0 Å². The van der Waals surface area contributed by atoms with Gasteiger partial charge in [-0.05, 0) is 17.5 Å². The first-order valence-corrected chi connectivity index (χ1v) is 4.72. The summed E-state index contributed by atoms with van der Waals surface area (Å²) < 4.78 is 10.7. The Kier molecular flexibility index (Phi) is 3.04. The first-order valence-electron chi connectivity index (χ1n) is 4.72. The Bertz CT molecular complexity index is 288. The van der Waals surface area contributed by atoms with Gasteiger partial charge in [0, 0.05) is 5.56 Å². The Morgan fingerprint density at radius 3 is 1.64 bits per heavy atom. The molecule has 0 aliphatic heterocycles. The Morgan fingerprint density at radius 2 is 1.36 bits per heavy atom. The molecule has 0 N–H and O–H groups in total. The number of hydrogen-bond acceptors (Lipinski definition) is 2. The van der Waals surface area contributed by atoms with Crippen molar-refractivity contribution in [3.8, 4) is 11.5 Å².